The molecular formula is C41H32N3+. The van der Waals surface area contributed by atoms with Crippen LogP contribution < -0.4 is 0 Å². The van der Waals surface area contributed by atoms with Crippen LogP contribution in [-0.4, -0.2) is 35.6 Å². The topological polar surface area (TPSA) is 25.8 Å². The molecule has 0 atom stereocenters. The molecule has 0 spiro atoms. The Hall–Kier alpha value is -5.84. The van der Waals surface area contributed by atoms with Crippen LogP contribution in [0.5, 0.6) is 0 Å². The van der Waals surface area contributed by atoms with Crippen molar-refractivity contribution in [3.05, 3.63) is 165 Å². The molecule has 210 valence electrons. The predicted octanol–water partition coefficient (Wildman–Crippen LogP) is 6.59. The summed E-state index contributed by atoms with van der Waals surface area (Å²) in [6.45, 7) is 2.97. The predicted molar refractivity (Wildman–Crippen MR) is 178 cm³/mol. The summed E-state index contributed by atoms with van der Waals surface area (Å²) in [6.07, 6.45) is 6.99. The fourth-order valence-corrected chi connectivity index (χ4v) is 4.38. The van der Waals surface area contributed by atoms with Gasteiger partial charge in [0.2, 0.25) is 0 Å². The largest absolute Gasteiger partial charge is 0.327 e. The Bertz CT molecular complexity index is 1860. The average molecular weight is 567 g/mol. The molecule has 0 radical (unpaired) electrons. The summed E-state index contributed by atoms with van der Waals surface area (Å²) in [7, 11) is 6.57. The van der Waals surface area contributed by atoms with E-state index in [2.05, 4.69) is 97.5 Å². The molecule has 44 heavy (non-hydrogen) atoms. The number of hydrogen-bond donors (Lipinski definition) is 0. The van der Waals surface area contributed by atoms with Crippen LogP contribution in [-0.2, 0) is 6.54 Å². The van der Waals surface area contributed by atoms with Gasteiger partial charge in [0.1, 0.15) is 6.54 Å². The Morgan fingerprint density at radius 1 is 0.455 bits per heavy atom. The second-order valence-electron chi connectivity index (χ2n) is 11.4. The molecule has 0 saturated heterocycles. The summed E-state index contributed by atoms with van der Waals surface area (Å²) in [5, 5.41) is 0. The summed E-state index contributed by atoms with van der Waals surface area (Å²) in [5.74, 6) is 26.3. The molecule has 0 unspecified atom stereocenters. The molecular weight excluding hydrogens is 534 g/mol. The number of nitrogens with zero attached hydrogens (tertiary/aromatic N) is 3. The molecule has 3 nitrogen and oxygen atoms in total. The third kappa shape index (κ3) is 8.83. The molecule has 5 rings (SSSR count). The van der Waals surface area contributed by atoms with Crippen LogP contribution in [0.2, 0.25) is 0 Å². The lowest BCUT2D eigenvalue weighted by atomic mass is 9.97. The standard InChI is InChI=1S/C41H32N3/c1-32-40(19-17-35-9-5-33(6-10-35)13-15-37-21-25-42-26-22-37)29-39(31-44(2,3)4)30-41(32)20-18-36-11-7-34(8-12-36)14-16-38-23-27-43-28-24-38/h5-12,21-30H,31H2,1-4H3/q+1. The van der Waals surface area contributed by atoms with Gasteiger partial charge in [-0.3, -0.25) is 9.97 Å². The van der Waals surface area contributed by atoms with Crippen LogP contribution in [0.25, 0.3) is 0 Å². The van der Waals surface area contributed by atoms with Gasteiger partial charge in [-0.2, -0.15) is 0 Å². The van der Waals surface area contributed by atoms with E-state index in [-0.39, 0.29) is 0 Å². The van der Waals surface area contributed by atoms with Crippen molar-refractivity contribution in [1.82, 2.24) is 9.97 Å². The first-order chi connectivity index (χ1) is 21.3. The molecule has 0 bridgehead atoms. The maximum absolute atomic E-state index is 4.04. The van der Waals surface area contributed by atoms with Crippen LogP contribution in [0, 0.1) is 54.3 Å². The Kier molecular flexibility index (Phi) is 9.35. The molecule has 5 aromatic rings. The Morgan fingerprint density at radius 2 is 0.750 bits per heavy atom. The molecule has 0 saturated carbocycles. The number of pyridine rings is 2. The first-order valence-electron chi connectivity index (χ1n) is 14.3. The lowest BCUT2D eigenvalue weighted by Gasteiger charge is -2.24. The maximum Gasteiger partial charge on any atom is 0.104 e. The molecule has 2 heterocycles. The van der Waals surface area contributed by atoms with E-state index < -0.39 is 0 Å². The lowest BCUT2D eigenvalue weighted by Crippen LogP contribution is -2.33. The van der Waals surface area contributed by atoms with Crippen molar-refractivity contribution < 1.29 is 4.48 Å². The zero-order valence-electron chi connectivity index (χ0n) is 25.4. The fourth-order valence-electron chi connectivity index (χ4n) is 4.38. The van der Waals surface area contributed by atoms with Crippen molar-refractivity contribution in [1.29, 1.82) is 0 Å². The second kappa shape index (κ2) is 13.9. The third-order valence-electron chi connectivity index (χ3n) is 6.64. The lowest BCUT2D eigenvalue weighted by molar-refractivity contribution is -0.884. The smallest absolute Gasteiger partial charge is 0.104 e. The van der Waals surface area contributed by atoms with Gasteiger partial charge in [0.25, 0.3) is 0 Å². The van der Waals surface area contributed by atoms with E-state index >= 15 is 0 Å². The summed E-state index contributed by atoms with van der Waals surface area (Å²) in [4.78, 5) is 8.07. The summed E-state index contributed by atoms with van der Waals surface area (Å²) >= 11 is 0. The second-order valence-corrected chi connectivity index (χ2v) is 11.4. The van der Waals surface area contributed by atoms with Gasteiger partial charge in [0.15, 0.2) is 0 Å². The van der Waals surface area contributed by atoms with Crippen molar-refractivity contribution in [3.8, 4) is 47.4 Å². The fraction of sp³-hybridized carbons (Fsp3) is 0.122. The van der Waals surface area contributed by atoms with Crippen LogP contribution in [0.1, 0.15) is 55.6 Å². The highest BCUT2D eigenvalue weighted by Gasteiger charge is 2.12. The van der Waals surface area contributed by atoms with Crippen LogP contribution in [0.3, 0.4) is 0 Å². The van der Waals surface area contributed by atoms with Gasteiger partial charge in [-0.25, -0.2) is 0 Å². The zero-order valence-corrected chi connectivity index (χ0v) is 25.4. The highest BCUT2D eigenvalue weighted by atomic mass is 15.3. The Balaban J connectivity index is 1.38. The van der Waals surface area contributed by atoms with E-state index in [0.29, 0.717) is 0 Å². The molecule has 0 amide bonds. The van der Waals surface area contributed by atoms with E-state index in [9.17, 15) is 0 Å². The van der Waals surface area contributed by atoms with E-state index in [4.69, 9.17) is 0 Å². The van der Waals surface area contributed by atoms with Crippen molar-refractivity contribution in [2.24, 2.45) is 0 Å². The van der Waals surface area contributed by atoms with Gasteiger partial charge >= 0.3 is 0 Å². The molecule has 2 aromatic heterocycles. The molecule has 0 aliphatic rings. The molecule has 0 aliphatic heterocycles. The monoisotopic (exact) mass is 566 g/mol. The van der Waals surface area contributed by atoms with Crippen LogP contribution in [0.15, 0.2) is 110 Å². The van der Waals surface area contributed by atoms with Crippen molar-refractivity contribution in [3.63, 3.8) is 0 Å². The summed E-state index contributed by atoms with van der Waals surface area (Å²) < 4.78 is 0.812. The normalized spacial score (nSPS) is 10.1. The van der Waals surface area contributed by atoms with Crippen LogP contribution in [0.4, 0.5) is 0 Å². The van der Waals surface area contributed by atoms with Gasteiger partial charge in [0, 0.05) is 74.9 Å². The van der Waals surface area contributed by atoms with E-state index in [1.165, 1.54) is 5.56 Å². The molecule has 3 aromatic carbocycles. The zero-order chi connectivity index (χ0) is 30.8. The van der Waals surface area contributed by atoms with Crippen LogP contribution >= 0.6 is 0 Å². The average Bonchev–Trinajstić information content (AvgIpc) is 3.03. The number of hydrogen-bond acceptors (Lipinski definition) is 2. The summed E-state index contributed by atoms with van der Waals surface area (Å²) in [6, 6.07) is 28.1. The van der Waals surface area contributed by atoms with Crippen molar-refractivity contribution >= 4 is 0 Å². The third-order valence-corrected chi connectivity index (χ3v) is 6.64. The van der Waals surface area contributed by atoms with Gasteiger partial charge in [0.05, 0.1) is 21.1 Å². The van der Waals surface area contributed by atoms with E-state index in [1.807, 2.05) is 72.8 Å². The highest BCUT2D eigenvalue weighted by Crippen LogP contribution is 2.19. The quantitative estimate of drug-likeness (QED) is 0.178. The van der Waals surface area contributed by atoms with Gasteiger partial charge in [-0.05, 0) is 97.4 Å². The first-order valence-corrected chi connectivity index (χ1v) is 14.3. The van der Waals surface area contributed by atoms with Gasteiger partial charge < -0.3 is 4.48 Å². The number of rotatable bonds is 2. The molecule has 0 fully saturated rings. The van der Waals surface area contributed by atoms with Crippen molar-refractivity contribution in [2.75, 3.05) is 21.1 Å². The van der Waals surface area contributed by atoms with E-state index in [0.717, 1.165) is 61.1 Å². The maximum atomic E-state index is 4.04. The Morgan fingerprint density at radius 3 is 1.07 bits per heavy atom. The number of benzene rings is 3. The van der Waals surface area contributed by atoms with Gasteiger partial charge in [-0.15, -0.1) is 0 Å². The minimum Gasteiger partial charge on any atom is -0.327 e. The number of quaternary nitrogens is 1. The van der Waals surface area contributed by atoms with Gasteiger partial charge in [-0.1, -0.05) is 47.4 Å². The molecule has 0 aliphatic carbocycles. The molecule has 3 heteroatoms. The highest BCUT2D eigenvalue weighted by molar-refractivity contribution is 5.57. The Labute approximate surface area is 261 Å². The SMILES string of the molecule is Cc1c(C#Cc2ccc(C#Cc3ccncc3)cc2)cc(C[N+](C)(C)C)cc1C#Cc1ccc(C#Cc2ccncc2)cc1. The summed E-state index contributed by atoms with van der Waals surface area (Å²) in [5.41, 5.74) is 9.92. The first kappa shape index (κ1) is 29.6. The van der Waals surface area contributed by atoms with Crippen molar-refractivity contribution in [2.45, 2.75) is 13.5 Å². The number of aromatic nitrogens is 2. The minimum absolute atomic E-state index is 0.812. The molecule has 0 N–H and O–H groups in total. The van der Waals surface area contributed by atoms with E-state index in [1.54, 1.807) is 24.8 Å². The minimum atomic E-state index is 0.812.